The van der Waals surface area contributed by atoms with Gasteiger partial charge >= 0.3 is 21.7 Å². The molecule has 0 atom stereocenters. The van der Waals surface area contributed by atoms with E-state index in [-0.39, 0.29) is 64.4 Å². The van der Waals surface area contributed by atoms with Gasteiger partial charge in [-0.05, 0) is 16.7 Å². The molecular formula is C26H23Cl3Ti. The molecule has 30 heavy (non-hydrogen) atoms. The fourth-order valence-electron chi connectivity index (χ4n) is 4.11. The van der Waals surface area contributed by atoms with Crippen LogP contribution in [-0.4, -0.2) is 0 Å². The van der Waals surface area contributed by atoms with Gasteiger partial charge < -0.3 is 37.2 Å². The van der Waals surface area contributed by atoms with E-state index in [9.17, 15) is 0 Å². The zero-order chi connectivity index (χ0) is 18.0. The first-order valence-corrected chi connectivity index (χ1v) is 9.14. The maximum atomic E-state index is 2.30. The summed E-state index contributed by atoms with van der Waals surface area (Å²) < 4.78 is 0. The third kappa shape index (κ3) is 4.91. The van der Waals surface area contributed by atoms with E-state index in [2.05, 4.69) is 117 Å². The van der Waals surface area contributed by atoms with Crippen LogP contribution in [0.5, 0.6) is 0 Å². The maximum Gasteiger partial charge on any atom is 4.00 e. The number of aryl methyl sites for hydroxylation is 1. The zero-order valence-electron chi connectivity index (χ0n) is 16.9. The van der Waals surface area contributed by atoms with E-state index in [0.29, 0.717) is 0 Å². The normalized spacial score (nSPS) is 9.93. The Morgan fingerprint density at radius 2 is 0.867 bits per heavy atom. The Bertz CT molecular complexity index is 900. The van der Waals surface area contributed by atoms with Crippen LogP contribution < -0.4 is 37.2 Å². The average molecular weight is 490 g/mol. The number of hydrogen-bond acceptors (Lipinski definition) is 0. The molecule has 0 heterocycles. The van der Waals surface area contributed by atoms with Crippen LogP contribution in [0.3, 0.4) is 0 Å². The minimum atomic E-state index is -0.317. The minimum absolute atomic E-state index is 0. The Balaban J connectivity index is 0.00000210. The summed E-state index contributed by atoms with van der Waals surface area (Å²) in [5.41, 5.74) is 7.64. The summed E-state index contributed by atoms with van der Waals surface area (Å²) in [7, 11) is 0. The molecule has 4 aromatic carbocycles. The molecule has 0 fully saturated rings. The molecule has 4 aromatic rings. The number of benzene rings is 3. The molecule has 0 saturated heterocycles. The summed E-state index contributed by atoms with van der Waals surface area (Å²) >= 11 is 0. The molecule has 0 aromatic heterocycles. The van der Waals surface area contributed by atoms with Crippen LogP contribution in [0.25, 0.3) is 0 Å². The quantitative estimate of drug-likeness (QED) is 0.168. The van der Waals surface area contributed by atoms with Gasteiger partial charge in [0.1, 0.15) is 0 Å². The third-order valence-corrected chi connectivity index (χ3v) is 5.52. The van der Waals surface area contributed by atoms with Crippen molar-refractivity contribution in [3.8, 4) is 0 Å². The van der Waals surface area contributed by atoms with Crippen LogP contribution in [0, 0.1) is 13.8 Å². The minimum Gasteiger partial charge on any atom is -1.00 e. The molecule has 0 aliphatic rings. The van der Waals surface area contributed by atoms with Gasteiger partial charge in [-0.25, -0.2) is 6.07 Å². The summed E-state index contributed by atoms with van der Waals surface area (Å²) in [4.78, 5) is 0. The monoisotopic (exact) mass is 488 g/mol. The van der Waals surface area contributed by atoms with E-state index < -0.39 is 0 Å². The van der Waals surface area contributed by atoms with E-state index in [1.165, 1.54) is 33.4 Å². The molecule has 152 valence electrons. The molecule has 0 spiro atoms. The molecule has 4 rings (SSSR count). The Hall–Kier alpha value is -1.41. The largest absolute Gasteiger partial charge is 4.00 e. The Morgan fingerprint density at radius 1 is 0.533 bits per heavy atom. The van der Waals surface area contributed by atoms with Crippen molar-refractivity contribution in [3.05, 3.63) is 137 Å². The van der Waals surface area contributed by atoms with E-state index in [0.717, 1.165) is 0 Å². The van der Waals surface area contributed by atoms with Crippen molar-refractivity contribution in [1.29, 1.82) is 0 Å². The van der Waals surface area contributed by atoms with Crippen molar-refractivity contribution in [2.75, 3.05) is 0 Å². The van der Waals surface area contributed by atoms with Crippen LogP contribution in [0.2, 0.25) is 0 Å². The smallest absolute Gasteiger partial charge is 1.00 e. The Labute approximate surface area is 213 Å². The van der Waals surface area contributed by atoms with E-state index in [1.807, 2.05) is 0 Å². The first kappa shape index (κ1) is 28.6. The van der Waals surface area contributed by atoms with Crippen molar-refractivity contribution in [2.45, 2.75) is 19.3 Å². The average Bonchev–Trinajstić information content (AvgIpc) is 3.04. The molecule has 0 unspecified atom stereocenters. The van der Waals surface area contributed by atoms with Gasteiger partial charge in [-0.2, -0.15) is 17.2 Å². The van der Waals surface area contributed by atoms with Crippen molar-refractivity contribution in [2.24, 2.45) is 0 Å². The van der Waals surface area contributed by atoms with Gasteiger partial charge in [0.15, 0.2) is 0 Å². The van der Waals surface area contributed by atoms with Crippen molar-refractivity contribution in [1.82, 2.24) is 0 Å². The molecule has 4 heteroatoms. The number of halogens is 3. The van der Waals surface area contributed by atoms with Gasteiger partial charge in [-0.15, -0.1) is 5.56 Å². The van der Waals surface area contributed by atoms with Gasteiger partial charge in [-0.1, -0.05) is 105 Å². The number of rotatable bonds is 4. The predicted molar refractivity (Wildman–Crippen MR) is 110 cm³/mol. The molecular weight excluding hydrogens is 467 g/mol. The van der Waals surface area contributed by atoms with Gasteiger partial charge in [0.2, 0.25) is 0 Å². The second-order valence-corrected chi connectivity index (χ2v) is 6.90. The molecule has 0 aliphatic heterocycles. The Morgan fingerprint density at radius 3 is 1.13 bits per heavy atom. The first-order chi connectivity index (χ1) is 12.7. The third-order valence-electron chi connectivity index (χ3n) is 5.52. The van der Waals surface area contributed by atoms with E-state index >= 15 is 0 Å². The molecule has 0 nitrogen and oxygen atoms in total. The molecule has 0 amide bonds. The molecule has 0 N–H and O–H groups in total. The van der Waals surface area contributed by atoms with Gasteiger partial charge in [-0.3, -0.25) is 0 Å². The molecule has 0 saturated carbocycles. The van der Waals surface area contributed by atoms with Gasteiger partial charge in [0.05, 0.1) is 0 Å². The summed E-state index contributed by atoms with van der Waals surface area (Å²) in [6.45, 7) is 4.44. The summed E-state index contributed by atoms with van der Waals surface area (Å²) in [6.07, 6.45) is 0. The first-order valence-electron chi connectivity index (χ1n) is 9.14. The molecule has 0 bridgehead atoms. The maximum absolute atomic E-state index is 2.30. The summed E-state index contributed by atoms with van der Waals surface area (Å²) in [5.74, 6) is 0. The van der Waals surface area contributed by atoms with Crippen molar-refractivity contribution in [3.63, 3.8) is 0 Å². The molecule has 0 aliphatic carbocycles. The van der Waals surface area contributed by atoms with Crippen molar-refractivity contribution >= 4 is 0 Å². The SMILES string of the molecule is Cc1cc[c-](C(c2ccccc2)(c2ccccc2)c2ccccc2)c1C.[Cl-].[Cl-].[Cl-].[Ti+4]. The van der Waals surface area contributed by atoms with Crippen LogP contribution in [-0.2, 0) is 27.1 Å². The second-order valence-electron chi connectivity index (χ2n) is 6.90. The zero-order valence-corrected chi connectivity index (χ0v) is 20.8. The summed E-state index contributed by atoms with van der Waals surface area (Å²) in [5, 5.41) is 0. The standard InChI is InChI=1S/C26H23.3ClH.Ti/c1-20-18-19-25(21(20)2)26(22-12-6-3-7-13-22,23-14-8-4-9-15-23)24-16-10-5-11-17-24;;;;/h3-19H,1-2H3;3*1H;/q-1;;;;+4/p-3. The van der Waals surface area contributed by atoms with Crippen LogP contribution >= 0.6 is 0 Å². The van der Waals surface area contributed by atoms with Crippen LogP contribution in [0.4, 0.5) is 0 Å². The second kappa shape index (κ2) is 12.4. The fourth-order valence-corrected chi connectivity index (χ4v) is 4.11. The van der Waals surface area contributed by atoms with Gasteiger partial charge in [0.25, 0.3) is 0 Å². The Kier molecular flexibility index (Phi) is 11.9. The van der Waals surface area contributed by atoms with Gasteiger partial charge in [0, 0.05) is 5.41 Å². The summed E-state index contributed by atoms with van der Waals surface area (Å²) in [6, 6.07) is 37.2. The van der Waals surface area contributed by atoms with Crippen molar-refractivity contribution < 1.29 is 58.9 Å². The fraction of sp³-hybridized carbons (Fsp3) is 0.115. The van der Waals surface area contributed by atoms with E-state index in [1.54, 1.807) is 0 Å². The van der Waals surface area contributed by atoms with Crippen LogP contribution in [0.1, 0.15) is 33.4 Å². The number of hydrogen-bond donors (Lipinski definition) is 0. The topological polar surface area (TPSA) is 0 Å². The van der Waals surface area contributed by atoms with Crippen LogP contribution in [0.15, 0.2) is 103 Å². The predicted octanol–water partition coefficient (Wildman–Crippen LogP) is -2.59. The van der Waals surface area contributed by atoms with E-state index in [4.69, 9.17) is 0 Å². The molecule has 0 radical (unpaired) electrons.